The Kier molecular flexibility index (Phi) is 7.48. The Bertz CT molecular complexity index is 861. The highest BCUT2D eigenvalue weighted by Crippen LogP contribution is 2.10. The van der Waals surface area contributed by atoms with Crippen molar-refractivity contribution in [2.24, 2.45) is 5.10 Å². The molecule has 0 atom stereocenters. The number of carbonyl (C=O) groups is 2. The molecule has 2 aromatic carbocycles. The SMILES string of the molecule is O=C(C=Cc1cccc(C(=O)NN=CC(Br)=Cc2ccccc2)c1)NO. The lowest BCUT2D eigenvalue weighted by molar-refractivity contribution is -0.124. The van der Waals surface area contributed by atoms with E-state index in [1.54, 1.807) is 24.3 Å². The first-order valence-corrected chi connectivity index (χ1v) is 8.35. The minimum absolute atomic E-state index is 0.386. The summed E-state index contributed by atoms with van der Waals surface area (Å²) in [5.74, 6) is -1.04. The Labute approximate surface area is 159 Å². The maximum absolute atomic E-state index is 12.1. The van der Waals surface area contributed by atoms with Crippen molar-refractivity contribution < 1.29 is 14.8 Å². The van der Waals surface area contributed by atoms with Crippen LogP contribution >= 0.6 is 15.9 Å². The lowest BCUT2D eigenvalue weighted by Gasteiger charge is -2.01. The monoisotopic (exact) mass is 413 g/mol. The third-order valence-corrected chi connectivity index (χ3v) is 3.58. The number of hydrogen-bond acceptors (Lipinski definition) is 4. The van der Waals surface area contributed by atoms with Crippen LogP contribution in [0.15, 0.2) is 70.3 Å². The van der Waals surface area contributed by atoms with E-state index in [2.05, 4.69) is 26.5 Å². The van der Waals surface area contributed by atoms with Crippen molar-refractivity contribution in [3.63, 3.8) is 0 Å². The smallest absolute Gasteiger partial charge is 0.271 e. The molecule has 2 aromatic rings. The molecular weight excluding hydrogens is 398 g/mol. The molecule has 0 radical (unpaired) electrons. The fourth-order valence-corrected chi connectivity index (χ4v) is 2.32. The van der Waals surface area contributed by atoms with E-state index >= 15 is 0 Å². The number of halogens is 1. The van der Waals surface area contributed by atoms with E-state index in [0.29, 0.717) is 15.6 Å². The van der Waals surface area contributed by atoms with Crippen LogP contribution in [0.25, 0.3) is 12.2 Å². The van der Waals surface area contributed by atoms with Crippen molar-refractivity contribution in [2.75, 3.05) is 0 Å². The van der Waals surface area contributed by atoms with Crippen LogP contribution in [-0.4, -0.2) is 23.2 Å². The minimum Gasteiger partial charge on any atom is -0.288 e. The Morgan fingerprint density at radius 1 is 1.04 bits per heavy atom. The summed E-state index contributed by atoms with van der Waals surface area (Å²) in [7, 11) is 0. The lowest BCUT2D eigenvalue weighted by Crippen LogP contribution is -2.17. The number of benzene rings is 2. The zero-order chi connectivity index (χ0) is 18.8. The first-order valence-electron chi connectivity index (χ1n) is 7.56. The first kappa shape index (κ1) is 19.3. The summed E-state index contributed by atoms with van der Waals surface area (Å²) < 4.78 is 0.704. The van der Waals surface area contributed by atoms with Crippen LogP contribution in [0.5, 0.6) is 0 Å². The summed E-state index contributed by atoms with van der Waals surface area (Å²) in [5, 5.41) is 12.4. The van der Waals surface area contributed by atoms with Crippen LogP contribution in [0.1, 0.15) is 21.5 Å². The average Bonchev–Trinajstić information content (AvgIpc) is 2.67. The molecule has 2 rings (SSSR count). The van der Waals surface area contributed by atoms with Crippen molar-refractivity contribution in [1.29, 1.82) is 0 Å². The Balaban J connectivity index is 1.98. The zero-order valence-electron chi connectivity index (χ0n) is 13.6. The lowest BCUT2D eigenvalue weighted by atomic mass is 10.1. The normalized spacial score (nSPS) is 11.7. The maximum atomic E-state index is 12.1. The number of hydrogen-bond donors (Lipinski definition) is 3. The number of amides is 2. The number of allylic oxidation sites excluding steroid dienone is 1. The molecule has 0 bridgehead atoms. The van der Waals surface area contributed by atoms with Gasteiger partial charge in [-0.15, -0.1) is 0 Å². The van der Waals surface area contributed by atoms with E-state index in [1.165, 1.54) is 17.8 Å². The zero-order valence-corrected chi connectivity index (χ0v) is 15.2. The van der Waals surface area contributed by atoms with Crippen LogP contribution in [0, 0.1) is 0 Å². The van der Waals surface area contributed by atoms with Gasteiger partial charge >= 0.3 is 0 Å². The number of hydroxylamine groups is 1. The van der Waals surface area contributed by atoms with Crippen molar-refractivity contribution in [3.05, 3.63) is 81.8 Å². The molecule has 132 valence electrons. The molecule has 0 saturated carbocycles. The van der Waals surface area contributed by atoms with Crippen molar-refractivity contribution >= 4 is 46.1 Å². The first-order chi connectivity index (χ1) is 12.6. The van der Waals surface area contributed by atoms with Gasteiger partial charge in [-0.2, -0.15) is 5.10 Å². The molecule has 26 heavy (non-hydrogen) atoms. The highest BCUT2D eigenvalue weighted by molar-refractivity contribution is 9.12. The summed E-state index contributed by atoms with van der Waals surface area (Å²) in [6, 6.07) is 16.3. The molecule has 0 aliphatic rings. The molecule has 0 aliphatic heterocycles. The number of hydrazone groups is 1. The molecule has 0 aromatic heterocycles. The van der Waals surface area contributed by atoms with E-state index in [1.807, 2.05) is 36.4 Å². The third kappa shape index (κ3) is 6.46. The van der Waals surface area contributed by atoms with Gasteiger partial charge in [-0.3, -0.25) is 14.8 Å². The molecule has 0 unspecified atom stereocenters. The number of nitrogens with one attached hydrogen (secondary N) is 2. The fourth-order valence-electron chi connectivity index (χ4n) is 1.96. The van der Waals surface area contributed by atoms with Crippen molar-refractivity contribution in [1.82, 2.24) is 10.9 Å². The minimum atomic E-state index is -0.653. The topological polar surface area (TPSA) is 90.8 Å². The number of nitrogens with zero attached hydrogens (tertiary/aromatic N) is 1. The summed E-state index contributed by atoms with van der Waals surface area (Å²) in [6.07, 6.45) is 5.99. The van der Waals surface area contributed by atoms with Gasteiger partial charge in [0.05, 0.1) is 6.21 Å². The standard InChI is InChI=1S/C19H16BrN3O3/c20-17(12-14-5-2-1-3-6-14)13-21-22-19(25)16-8-4-7-15(11-16)9-10-18(24)23-26/h1-13,26H,(H,22,25)(H,23,24). The molecule has 0 heterocycles. The Hall–Kier alpha value is -3.03. The van der Waals surface area contributed by atoms with Gasteiger partial charge < -0.3 is 0 Å². The third-order valence-electron chi connectivity index (χ3n) is 3.14. The van der Waals surface area contributed by atoms with Gasteiger partial charge in [-0.1, -0.05) is 42.5 Å². The van der Waals surface area contributed by atoms with E-state index in [0.717, 1.165) is 11.6 Å². The Morgan fingerprint density at radius 2 is 1.77 bits per heavy atom. The van der Waals surface area contributed by atoms with Gasteiger partial charge in [0.1, 0.15) is 0 Å². The van der Waals surface area contributed by atoms with Crippen LogP contribution in [0.2, 0.25) is 0 Å². The predicted molar refractivity (Wildman–Crippen MR) is 105 cm³/mol. The largest absolute Gasteiger partial charge is 0.288 e. The highest BCUT2D eigenvalue weighted by Gasteiger charge is 2.04. The number of rotatable bonds is 6. The fraction of sp³-hybridized carbons (Fsp3) is 0. The van der Waals surface area contributed by atoms with Crippen molar-refractivity contribution in [3.8, 4) is 0 Å². The van der Waals surface area contributed by atoms with Gasteiger partial charge in [0, 0.05) is 16.1 Å². The van der Waals surface area contributed by atoms with Gasteiger partial charge in [0.15, 0.2) is 0 Å². The molecular formula is C19H16BrN3O3. The number of carbonyl (C=O) groups excluding carboxylic acids is 2. The second-order valence-electron chi connectivity index (χ2n) is 5.07. The van der Waals surface area contributed by atoms with Gasteiger partial charge in [0.25, 0.3) is 11.8 Å². The van der Waals surface area contributed by atoms with Crippen molar-refractivity contribution in [2.45, 2.75) is 0 Å². The average molecular weight is 414 g/mol. The van der Waals surface area contributed by atoms with E-state index in [9.17, 15) is 9.59 Å². The molecule has 0 saturated heterocycles. The highest BCUT2D eigenvalue weighted by atomic mass is 79.9. The predicted octanol–water partition coefficient (Wildman–Crippen LogP) is 3.36. The summed E-state index contributed by atoms with van der Waals surface area (Å²) in [4.78, 5) is 23.1. The molecule has 2 amide bonds. The van der Waals surface area contributed by atoms with Crippen LogP contribution in [0.3, 0.4) is 0 Å². The second kappa shape index (κ2) is 10.1. The maximum Gasteiger partial charge on any atom is 0.271 e. The molecule has 7 heteroatoms. The Morgan fingerprint density at radius 3 is 2.50 bits per heavy atom. The molecule has 0 spiro atoms. The molecule has 0 fully saturated rings. The van der Waals surface area contributed by atoms with Crippen LogP contribution in [0.4, 0.5) is 0 Å². The molecule has 3 N–H and O–H groups in total. The van der Waals surface area contributed by atoms with E-state index in [4.69, 9.17) is 5.21 Å². The summed E-state index contributed by atoms with van der Waals surface area (Å²) >= 11 is 3.37. The summed E-state index contributed by atoms with van der Waals surface area (Å²) in [6.45, 7) is 0. The van der Waals surface area contributed by atoms with E-state index < -0.39 is 5.91 Å². The molecule has 6 nitrogen and oxygen atoms in total. The van der Waals surface area contributed by atoms with Gasteiger partial charge in [-0.05, 0) is 51.3 Å². The van der Waals surface area contributed by atoms with Crippen LogP contribution < -0.4 is 10.9 Å². The van der Waals surface area contributed by atoms with Crippen LogP contribution in [-0.2, 0) is 4.79 Å². The van der Waals surface area contributed by atoms with E-state index in [-0.39, 0.29) is 5.91 Å². The second-order valence-corrected chi connectivity index (χ2v) is 5.99. The molecule has 0 aliphatic carbocycles. The summed E-state index contributed by atoms with van der Waals surface area (Å²) in [5.41, 5.74) is 5.95. The van der Waals surface area contributed by atoms with Gasteiger partial charge in [-0.25, -0.2) is 10.9 Å². The quantitative estimate of drug-likeness (QED) is 0.293. The van der Waals surface area contributed by atoms with Gasteiger partial charge in [0.2, 0.25) is 0 Å².